The van der Waals surface area contributed by atoms with E-state index < -0.39 is 4.92 Å². The van der Waals surface area contributed by atoms with Gasteiger partial charge in [-0.2, -0.15) is 0 Å². The molecule has 0 bridgehead atoms. The lowest BCUT2D eigenvalue weighted by Crippen LogP contribution is -2.15. The van der Waals surface area contributed by atoms with Crippen LogP contribution < -0.4 is 4.74 Å². The van der Waals surface area contributed by atoms with Crippen LogP contribution in [0.2, 0.25) is 0 Å². The Labute approximate surface area is 204 Å². The minimum absolute atomic E-state index is 0.0166. The Balaban J connectivity index is 1.46. The van der Waals surface area contributed by atoms with Crippen molar-refractivity contribution in [1.82, 2.24) is 19.6 Å². The molecule has 1 unspecified atom stereocenters. The van der Waals surface area contributed by atoms with Crippen LogP contribution in [0.5, 0.6) is 11.6 Å². The molecule has 8 nitrogen and oxygen atoms in total. The number of fused-ring (bicyclic) bond motifs is 6. The van der Waals surface area contributed by atoms with E-state index in [1.165, 1.54) is 12.1 Å². The Morgan fingerprint density at radius 1 is 0.889 bits per heavy atom. The number of hydrogen-bond acceptors (Lipinski definition) is 6. The summed E-state index contributed by atoms with van der Waals surface area (Å²) in [5, 5.41) is 17.8. The van der Waals surface area contributed by atoms with Gasteiger partial charge in [0.25, 0.3) is 5.69 Å². The van der Waals surface area contributed by atoms with E-state index in [2.05, 4.69) is 46.5 Å². The molecule has 36 heavy (non-hydrogen) atoms. The number of nitro benzene ring substituents is 1. The minimum Gasteiger partial charge on any atom is -0.438 e. The molecule has 0 radical (unpaired) electrons. The van der Waals surface area contributed by atoms with E-state index in [9.17, 15) is 10.1 Å². The zero-order valence-electron chi connectivity index (χ0n) is 18.8. The van der Waals surface area contributed by atoms with E-state index in [-0.39, 0.29) is 11.6 Å². The molecular weight excluding hydrogens is 454 g/mol. The van der Waals surface area contributed by atoms with Gasteiger partial charge in [-0.25, -0.2) is 14.5 Å². The van der Waals surface area contributed by atoms with E-state index in [0.29, 0.717) is 22.9 Å². The third kappa shape index (κ3) is 3.05. The zero-order valence-corrected chi connectivity index (χ0v) is 18.8. The standard InChI is InChI=1S/C28H17N5O3/c34-33(35)20-13-10-19(11-14-20)26-30-27-24-23(18-7-2-1-3-8-18)22-15-12-17-6-4-5-9-21(17)25(22)36-28(24)29-16-32(27)31-26/h1-16,23H. The van der Waals surface area contributed by atoms with Crippen molar-refractivity contribution in [3.8, 4) is 23.0 Å². The van der Waals surface area contributed by atoms with E-state index in [1.54, 1.807) is 23.0 Å². The second-order valence-corrected chi connectivity index (χ2v) is 8.62. The van der Waals surface area contributed by atoms with Gasteiger partial charge >= 0.3 is 0 Å². The van der Waals surface area contributed by atoms with Gasteiger partial charge in [-0.1, -0.05) is 66.7 Å². The van der Waals surface area contributed by atoms with Gasteiger partial charge in [-0.15, -0.1) is 5.10 Å². The Morgan fingerprint density at radius 3 is 2.47 bits per heavy atom. The molecule has 0 amide bonds. The summed E-state index contributed by atoms with van der Waals surface area (Å²) in [5.74, 6) is 1.57. The van der Waals surface area contributed by atoms with Gasteiger partial charge in [-0.05, 0) is 23.1 Å². The molecule has 0 saturated heterocycles. The number of hydrogen-bond donors (Lipinski definition) is 0. The second-order valence-electron chi connectivity index (χ2n) is 8.62. The van der Waals surface area contributed by atoms with Gasteiger partial charge in [-0.3, -0.25) is 10.1 Å². The van der Waals surface area contributed by atoms with Crippen LogP contribution in [0.15, 0.2) is 97.3 Å². The maximum atomic E-state index is 11.1. The van der Waals surface area contributed by atoms with Crippen LogP contribution >= 0.6 is 0 Å². The van der Waals surface area contributed by atoms with Gasteiger partial charge in [0.2, 0.25) is 5.88 Å². The molecule has 3 heterocycles. The predicted molar refractivity (Wildman–Crippen MR) is 134 cm³/mol. The highest BCUT2D eigenvalue weighted by molar-refractivity contribution is 5.91. The first kappa shape index (κ1) is 20.3. The molecule has 0 saturated carbocycles. The van der Waals surface area contributed by atoms with Gasteiger partial charge in [0.1, 0.15) is 12.1 Å². The third-order valence-corrected chi connectivity index (χ3v) is 6.56. The highest BCUT2D eigenvalue weighted by Gasteiger charge is 2.34. The minimum atomic E-state index is -0.426. The molecule has 0 N–H and O–H groups in total. The summed E-state index contributed by atoms with van der Waals surface area (Å²) >= 11 is 0. The van der Waals surface area contributed by atoms with E-state index in [1.807, 2.05) is 30.3 Å². The van der Waals surface area contributed by atoms with Crippen molar-refractivity contribution in [2.45, 2.75) is 5.92 Å². The number of nitrogens with zero attached hydrogens (tertiary/aromatic N) is 5. The SMILES string of the molecule is O=[N+]([O-])c1ccc(-c2nc3c4c(ncn3n2)Oc2c(ccc3ccccc23)C4c2ccccc2)cc1. The van der Waals surface area contributed by atoms with E-state index in [4.69, 9.17) is 9.72 Å². The summed E-state index contributed by atoms with van der Waals surface area (Å²) in [7, 11) is 0. The van der Waals surface area contributed by atoms with Gasteiger partial charge in [0, 0.05) is 34.6 Å². The summed E-state index contributed by atoms with van der Waals surface area (Å²) in [6.07, 6.45) is 1.59. The van der Waals surface area contributed by atoms with Crippen molar-refractivity contribution in [2.75, 3.05) is 0 Å². The number of nitro groups is 1. The van der Waals surface area contributed by atoms with Crippen LogP contribution in [-0.2, 0) is 0 Å². The van der Waals surface area contributed by atoms with Crippen molar-refractivity contribution in [1.29, 1.82) is 0 Å². The average Bonchev–Trinajstić information content (AvgIpc) is 3.37. The summed E-state index contributed by atoms with van der Waals surface area (Å²) in [6, 6.07) is 28.8. The topological polar surface area (TPSA) is 95.5 Å². The number of rotatable bonds is 3. The largest absolute Gasteiger partial charge is 0.438 e. The van der Waals surface area contributed by atoms with Crippen molar-refractivity contribution >= 4 is 22.1 Å². The molecule has 4 aromatic carbocycles. The Kier molecular flexibility index (Phi) is 4.34. The first-order valence-electron chi connectivity index (χ1n) is 11.4. The third-order valence-electron chi connectivity index (χ3n) is 6.56. The summed E-state index contributed by atoms with van der Waals surface area (Å²) < 4.78 is 8.08. The maximum Gasteiger partial charge on any atom is 0.269 e. The Hall–Kier alpha value is -5.11. The molecule has 172 valence electrons. The summed E-state index contributed by atoms with van der Waals surface area (Å²) in [4.78, 5) is 20.1. The fourth-order valence-corrected chi connectivity index (χ4v) is 4.89. The molecular formula is C28H17N5O3. The second kappa shape index (κ2) is 7.71. The summed E-state index contributed by atoms with van der Waals surface area (Å²) in [6.45, 7) is 0. The molecule has 0 aliphatic carbocycles. The molecule has 0 spiro atoms. The fraction of sp³-hybridized carbons (Fsp3) is 0.0357. The van der Waals surface area contributed by atoms with Crippen LogP contribution in [0.1, 0.15) is 22.6 Å². The predicted octanol–water partition coefficient (Wildman–Crippen LogP) is 6.14. The zero-order chi connectivity index (χ0) is 24.2. The molecule has 0 fully saturated rings. The van der Waals surface area contributed by atoms with E-state index in [0.717, 1.165) is 33.2 Å². The molecule has 8 heteroatoms. The molecule has 1 aliphatic heterocycles. The van der Waals surface area contributed by atoms with Crippen LogP contribution in [-0.4, -0.2) is 24.5 Å². The van der Waals surface area contributed by atoms with Crippen LogP contribution in [0.3, 0.4) is 0 Å². The van der Waals surface area contributed by atoms with Crippen molar-refractivity contribution < 1.29 is 9.66 Å². The molecule has 1 aliphatic rings. The Morgan fingerprint density at radius 2 is 1.67 bits per heavy atom. The molecule has 1 atom stereocenters. The number of benzene rings is 4. The van der Waals surface area contributed by atoms with Crippen molar-refractivity contribution in [3.63, 3.8) is 0 Å². The molecule has 6 aromatic rings. The fourth-order valence-electron chi connectivity index (χ4n) is 4.89. The highest BCUT2D eigenvalue weighted by atomic mass is 16.6. The van der Waals surface area contributed by atoms with E-state index >= 15 is 0 Å². The van der Waals surface area contributed by atoms with Gasteiger partial charge in [0.15, 0.2) is 11.5 Å². The quantitative estimate of drug-likeness (QED) is 0.227. The average molecular weight is 471 g/mol. The van der Waals surface area contributed by atoms with Crippen LogP contribution in [0.4, 0.5) is 5.69 Å². The lowest BCUT2D eigenvalue weighted by molar-refractivity contribution is -0.384. The summed E-state index contributed by atoms with van der Waals surface area (Å²) in [5.41, 5.74) is 4.27. The monoisotopic (exact) mass is 471 g/mol. The maximum absolute atomic E-state index is 11.1. The number of ether oxygens (including phenoxy) is 1. The van der Waals surface area contributed by atoms with Crippen LogP contribution in [0.25, 0.3) is 27.8 Å². The van der Waals surface area contributed by atoms with Gasteiger partial charge in [0.05, 0.1) is 10.5 Å². The lowest BCUT2D eigenvalue weighted by atomic mass is 9.83. The smallest absolute Gasteiger partial charge is 0.269 e. The lowest BCUT2D eigenvalue weighted by Gasteiger charge is -2.28. The molecule has 7 rings (SSSR count). The van der Waals surface area contributed by atoms with Gasteiger partial charge < -0.3 is 4.74 Å². The van der Waals surface area contributed by atoms with Crippen molar-refractivity contribution in [3.05, 3.63) is 124 Å². The first-order valence-corrected chi connectivity index (χ1v) is 11.4. The number of aromatic nitrogens is 4. The normalized spacial score (nSPS) is 14.3. The molecule has 2 aromatic heterocycles. The highest BCUT2D eigenvalue weighted by Crippen LogP contribution is 2.50. The Bertz CT molecular complexity index is 1800. The number of non-ortho nitro benzene ring substituents is 1. The van der Waals surface area contributed by atoms with Crippen LogP contribution in [0, 0.1) is 10.1 Å². The first-order chi connectivity index (χ1) is 17.7. The van der Waals surface area contributed by atoms with Crippen molar-refractivity contribution in [2.24, 2.45) is 0 Å².